The van der Waals surface area contributed by atoms with Crippen molar-refractivity contribution in [2.45, 2.75) is 26.3 Å². The van der Waals surface area contributed by atoms with Crippen LogP contribution in [0.4, 0.5) is 10.2 Å². The second-order valence-corrected chi connectivity index (χ2v) is 5.97. The molecule has 0 aromatic carbocycles. The van der Waals surface area contributed by atoms with Crippen molar-refractivity contribution in [3.05, 3.63) is 23.6 Å². The average Bonchev–Trinajstić information content (AvgIpc) is 2.37. The van der Waals surface area contributed by atoms with Gasteiger partial charge in [-0.2, -0.15) is 0 Å². The molecule has 6 heteroatoms. The van der Waals surface area contributed by atoms with E-state index in [2.05, 4.69) is 30.7 Å². The largest absolute Gasteiger partial charge is 0.478 e. The number of carbonyl (C=O) groups is 1. The molecule has 1 saturated heterocycles. The fourth-order valence-electron chi connectivity index (χ4n) is 2.43. The van der Waals surface area contributed by atoms with Crippen molar-refractivity contribution in [2.24, 2.45) is 0 Å². The molecular formula is C14H20FN3O2. The Morgan fingerprint density at radius 2 is 1.90 bits per heavy atom. The van der Waals surface area contributed by atoms with Gasteiger partial charge in [-0.15, -0.1) is 0 Å². The zero-order valence-electron chi connectivity index (χ0n) is 12.1. The first-order valence-electron chi connectivity index (χ1n) is 6.68. The Labute approximate surface area is 118 Å². The van der Waals surface area contributed by atoms with E-state index in [0.29, 0.717) is 18.9 Å². The van der Waals surface area contributed by atoms with E-state index < -0.39 is 11.8 Å². The van der Waals surface area contributed by atoms with Gasteiger partial charge in [0.2, 0.25) is 0 Å². The normalized spacial score (nSPS) is 17.3. The van der Waals surface area contributed by atoms with Gasteiger partial charge in [-0.05, 0) is 26.8 Å². The van der Waals surface area contributed by atoms with Gasteiger partial charge in [0.25, 0.3) is 0 Å². The Morgan fingerprint density at radius 3 is 2.40 bits per heavy atom. The smallest absolute Gasteiger partial charge is 0.339 e. The van der Waals surface area contributed by atoms with Crippen LogP contribution in [0.25, 0.3) is 0 Å². The van der Waals surface area contributed by atoms with Crippen LogP contribution in [0.1, 0.15) is 31.1 Å². The summed E-state index contributed by atoms with van der Waals surface area (Å²) in [6, 6.07) is 1.03. The molecule has 1 aliphatic heterocycles. The number of halogens is 1. The number of hydrogen-bond acceptors (Lipinski definition) is 4. The van der Waals surface area contributed by atoms with Crippen LogP contribution in [0.5, 0.6) is 0 Å². The summed E-state index contributed by atoms with van der Waals surface area (Å²) in [6.45, 7) is 9.51. The van der Waals surface area contributed by atoms with Crippen LogP contribution >= 0.6 is 0 Å². The molecule has 0 spiro atoms. The molecule has 1 N–H and O–H groups in total. The number of carboxylic acid groups (broad SMARTS) is 1. The Morgan fingerprint density at radius 1 is 1.30 bits per heavy atom. The van der Waals surface area contributed by atoms with Gasteiger partial charge in [0.05, 0.1) is 6.20 Å². The Hall–Kier alpha value is -1.69. The molecule has 0 bridgehead atoms. The van der Waals surface area contributed by atoms with Gasteiger partial charge in [0.1, 0.15) is 17.2 Å². The zero-order chi connectivity index (χ0) is 14.9. The first-order valence-corrected chi connectivity index (χ1v) is 6.68. The van der Waals surface area contributed by atoms with Crippen molar-refractivity contribution in [3.8, 4) is 0 Å². The van der Waals surface area contributed by atoms with Gasteiger partial charge in [-0.25, -0.2) is 14.2 Å². The molecule has 2 rings (SSSR count). The SMILES string of the molecule is CC(C)(C)N1CCN(c2ncc(F)cc2C(=O)O)CC1. The molecule has 0 aliphatic carbocycles. The zero-order valence-corrected chi connectivity index (χ0v) is 12.1. The van der Waals surface area contributed by atoms with Crippen molar-refractivity contribution in [3.63, 3.8) is 0 Å². The molecular weight excluding hydrogens is 261 g/mol. The third-order valence-electron chi connectivity index (χ3n) is 3.59. The predicted octanol–water partition coefficient (Wildman–Crippen LogP) is 1.84. The second kappa shape index (κ2) is 5.36. The predicted molar refractivity (Wildman–Crippen MR) is 74.7 cm³/mol. The lowest BCUT2D eigenvalue weighted by molar-refractivity contribution is 0.0695. The molecule has 0 atom stereocenters. The van der Waals surface area contributed by atoms with Crippen molar-refractivity contribution < 1.29 is 14.3 Å². The van der Waals surface area contributed by atoms with Gasteiger partial charge in [0, 0.05) is 31.7 Å². The van der Waals surface area contributed by atoms with Crippen LogP contribution in [0.3, 0.4) is 0 Å². The molecule has 1 aromatic heterocycles. The van der Waals surface area contributed by atoms with E-state index in [1.54, 1.807) is 0 Å². The summed E-state index contributed by atoms with van der Waals surface area (Å²) in [6.07, 6.45) is 1.07. The number of piperazine rings is 1. The standard InChI is InChI=1S/C14H20FN3O2/c1-14(2,3)18-6-4-17(5-7-18)12-11(13(19)20)8-10(15)9-16-12/h8-9H,4-7H2,1-3H3,(H,19,20). The minimum atomic E-state index is -1.15. The number of rotatable bonds is 2. The first-order chi connectivity index (χ1) is 9.29. The van der Waals surface area contributed by atoms with E-state index in [9.17, 15) is 9.18 Å². The molecule has 0 amide bonds. The van der Waals surface area contributed by atoms with E-state index in [0.717, 1.165) is 25.4 Å². The highest BCUT2D eigenvalue weighted by Gasteiger charge is 2.28. The lowest BCUT2D eigenvalue weighted by Gasteiger charge is -2.42. The first kappa shape index (κ1) is 14.7. The van der Waals surface area contributed by atoms with Crippen molar-refractivity contribution in [2.75, 3.05) is 31.1 Å². The van der Waals surface area contributed by atoms with Crippen LogP contribution in [0.2, 0.25) is 0 Å². The minimum absolute atomic E-state index is 0.0748. The number of carboxylic acids is 1. The van der Waals surface area contributed by atoms with Crippen LogP contribution < -0.4 is 4.90 Å². The monoisotopic (exact) mass is 281 g/mol. The number of hydrogen-bond donors (Lipinski definition) is 1. The van der Waals surface area contributed by atoms with Gasteiger partial charge >= 0.3 is 5.97 Å². The van der Waals surface area contributed by atoms with E-state index in [4.69, 9.17) is 5.11 Å². The summed E-state index contributed by atoms with van der Waals surface area (Å²) in [5, 5.41) is 9.16. The molecule has 0 radical (unpaired) electrons. The summed E-state index contributed by atoms with van der Waals surface area (Å²) >= 11 is 0. The second-order valence-electron chi connectivity index (χ2n) is 5.97. The quantitative estimate of drug-likeness (QED) is 0.896. The summed E-state index contributed by atoms with van der Waals surface area (Å²) in [5.41, 5.74) is 0.0204. The topological polar surface area (TPSA) is 56.7 Å². The summed E-state index contributed by atoms with van der Waals surface area (Å²) in [7, 11) is 0. The van der Waals surface area contributed by atoms with E-state index in [1.165, 1.54) is 0 Å². The minimum Gasteiger partial charge on any atom is -0.478 e. The summed E-state index contributed by atoms with van der Waals surface area (Å²) in [5.74, 6) is -1.42. The molecule has 1 aliphatic rings. The molecule has 2 heterocycles. The molecule has 1 aromatic rings. The van der Waals surface area contributed by atoms with Crippen molar-refractivity contribution >= 4 is 11.8 Å². The molecule has 1 fully saturated rings. The number of aromatic nitrogens is 1. The number of nitrogens with zero attached hydrogens (tertiary/aromatic N) is 3. The maximum atomic E-state index is 13.1. The summed E-state index contributed by atoms with van der Waals surface area (Å²) < 4.78 is 13.1. The lowest BCUT2D eigenvalue weighted by Crippen LogP contribution is -2.53. The Bertz CT molecular complexity index is 506. The Kier molecular flexibility index (Phi) is 3.94. The third kappa shape index (κ3) is 3.07. The van der Waals surface area contributed by atoms with Crippen LogP contribution in [-0.2, 0) is 0 Å². The molecule has 0 saturated carbocycles. The van der Waals surface area contributed by atoms with Crippen molar-refractivity contribution in [1.29, 1.82) is 0 Å². The number of anilines is 1. The maximum Gasteiger partial charge on any atom is 0.339 e. The summed E-state index contributed by atoms with van der Waals surface area (Å²) in [4.78, 5) is 19.4. The number of pyridine rings is 1. The fourth-order valence-corrected chi connectivity index (χ4v) is 2.43. The average molecular weight is 281 g/mol. The van der Waals surface area contributed by atoms with E-state index in [1.807, 2.05) is 4.90 Å². The van der Waals surface area contributed by atoms with Crippen molar-refractivity contribution in [1.82, 2.24) is 9.88 Å². The molecule has 110 valence electrons. The third-order valence-corrected chi connectivity index (χ3v) is 3.59. The molecule has 0 unspecified atom stereocenters. The van der Waals surface area contributed by atoms with Gasteiger partial charge < -0.3 is 10.0 Å². The van der Waals surface area contributed by atoms with Gasteiger partial charge in [0.15, 0.2) is 0 Å². The Balaban J connectivity index is 2.17. The highest BCUT2D eigenvalue weighted by atomic mass is 19.1. The maximum absolute atomic E-state index is 13.1. The van der Waals surface area contributed by atoms with E-state index in [-0.39, 0.29) is 11.1 Å². The van der Waals surface area contributed by atoms with E-state index >= 15 is 0 Å². The highest BCUT2D eigenvalue weighted by Crippen LogP contribution is 2.22. The van der Waals surface area contributed by atoms with Crippen LogP contribution in [0, 0.1) is 5.82 Å². The highest BCUT2D eigenvalue weighted by molar-refractivity contribution is 5.93. The number of aromatic carboxylic acids is 1. The molecule has 5 nitrogen and oxygen atoms in total. The van der Waals surface area contributed by atoms with Gasteiger partial charge in [-0.1, -0.05) is 0 Å². The van der Waals surface area contributed by atoms with Crippen LogP contribution in [0.15, 0.2) is 12.3 Å². The van der Waals surface area contributed by atoms with Gasteiger partial charge in [-0.3, -0.25) is 4.90 Å². The van der Waals surface area contributed by atoms with Crippen LogP contribution in [-0.4, -0.2) is 52.7 Å². The fraction of sp³-hybridized carbons (Fsp3) is 0.571. The molecule has 20 heavy (non-hydrogen) atoms. The lowest BCUT2D eigenvalue weighted by atomic mass is 10.0.